The maximum atomic E-state index is 12.7. The number of hydrogen-bond acceptors (Lipinski definition) is 22. The molecule has 3 heterocycles. The van der Waals surface area contributed by atoms with Gasteiger partial charge in [-0.3, -0.25) is 38.4 Å². The normalized spacial score (nSPS) is 31.9. The van der Waals surface area contributed by atoms with Crippen LogP contribution >= 0.6 is 0 Å². The highest BCUT2D eigenvalue weighted by atomic mass is 16.8. The third kappa shape index (κ3) is 14.0. The second-order valence-corrected chi connectivity index (χ2v) is 12.7. The second kappa shape index (κ2) is 21.4. The van der Waals surface area contributed by atoms with Crippen LogP contribution < -0.4 is 0 Å². The van der Waals surface area contributed by atoms with Crippen LogP contribution in [0.4, 0.5) is 0 Å². The van der Waals surface area contributed by atoms with Crippen LogP contribution in [-0.4, -0.2) is 147 Å². The van der Waals surface area contributed by atoms with Crippen LogP contribution in [0.3, 0.4) is 0 Å². The standard InChI is InChI=1S/C35H45NO21/c1-15(37)45-12-25-24(10-9-23(11-36)53-25)54-34-32(51-21(7)43)31(50-20(6)42)29(27(55-34)14-47-17(3)39)57-35-33(52-22(8)44)30(49-19(5)41)28(48-18(4)40)26(56-35)13-46-16(2)38/h9-10,23-35H,12-14H2,1-8H3/t23-,24-,25+,26+,27+,28+,29+,30-,31-,32+,33+,34-,35+/m0/s1. The van der Waals surface area contributed by atoms with Gasteiger partial charge in [0.1, 0.15) is 50.3 Å². The van der Waals surface area contributed by atoms with Crippen LogP contribution in [-0.2, 0) is 99.9 Å². The largest absolute Gasteiger partial charge is 0.463 e. The Balaban J connectivity index is 2.17. The first-order chi connectivity index (χ1) is 26.8. The van der Waals surface area contributed by atoms with E-state index in [1.165, 1.54) is 12.2 Å². The molecule has 0 amide bonds. The third-order valence-electron chi connectivity index (χ3n) is 7.92. The van der Waals surface area contributed by atoms with Crippen LogP contribution in [0.25, 0.3) is 0 Å². The van der Waals surface area contributed by atoms with Crippen LogP contribution in [0.15, 0.2) is 12.2 Å². The summed E-state index contributed by atoms with van der Waals surface area (Å²) < 4.78 is 73.5. The van der Waals surface area contributed by atoms with E-state index in [4.69, 9.17) is 61.6 Å². The average molecular weight is 816 g/mol. The lowest BCUT2D eigenvalue weighted by Gasteiger charge is -2.49. The van der Waals surface area contributed by atoms with E-state index in [2.05, 4.69) is 0 Å². The van der Waals surface area contributed by atoms with E-state index in [0.717, 1.165) is 55.4 Å². The van der Waals surface area contributed by atoms with Gasteiger partial charge in [-0.05, 0) is 6.08 Å². The van der Waals surface area contributed by atoms with Gasteiger partial charge in [-0.1, -0.05) is 6.08 Å². The van der Waals surface area contributed by atoms with Crippen LogP contribution in [0.5, 0.6) is 0 Å². The molecule has 0 radical (unpaired) electrons. The lowest BCUT2D eigenvalue weighted by Crippen LogP contribution is -2.67. The Bertz CT molecular complexity index is 1570. The van der Waals surface area contributed by atoms with Crippen molar-refractivity contribution in [1.29, 1.82) is 5.26 Å². The second-order valence-electron chi connectivity index (χ2n) is 12.7. The topological polar surface area (TPSA) is 280 Å². The summed E-state index contributed by atoms with van der Waals surface area (Å²) in [4.78, 5) is 97.9. The van der Waals surface area contributed by atoms with Crippen molar-refractivity contribution in [2.75, 3.05) is 19.8 Å². The first-order valence-corrected chi connectivity index (χ1v) is 17.4. The van der Waals surface area contributed by atoms with Gasteiger partial charge in [0.25, 0.3) is 0 Å². The minimum Gasteiger partial charge on any atom is -0.463 e. The summed E-state index contributed by atoms with van der Waals surface area (Å²) in [6.45, 7) is 6.70. The Labute approximate surface area is 326 Å². The predicted molar refractivity (Wildman–Crippen MR) is 178 cm³/mol. The monoisotopic (exact) mass is 815 g/mol. The van der Waals surface area contributed by atoms with Gasteiger partial charge < -0.3 is 61.6 Å². The highest BCUT2D eigenvalue weighted by Crippen LogP contribution is 2.36. The summed E-state index contributed by atoms with van der Waals surface area (Å²) in [5, 5.41) is 9.44. The molecule has 0 unspecified atom stereocenters. The molecule has 57 heavy (non-hydrogen) atoms. The molecular formula is C35H45NO21. The molecule has 0 saturated carbocycles. The molecule has 22 heteroatoms. The molecule has 316 valence electrons. The van der Waals surface area contributed by atoms with Crippen molar-refractivity contribution in [2.45, 2.75) is 135 Å². The minimum absolute atomic E-state index is 0.396. The van der Waals surface area contributed by atoms with Crippen molar-refractivity contribution in [2.24, 2.45) is 0 Å². The fourth-order valence-electron chi connectivity index (χ4n) is 5.92. The van der Waals surface area contributed by atoms with Crippen molar-refractivity contribution in [3.8, 4) is 6.07 Å². The molecule has 0 aliphatic carbocycles. The van der Waals surface area contributed by atoms with Gasteiger partial charge in [-0.25, -0.2) is 0 Å². The van der Waals surface area contributed by atoms with Gasteiger partial charge in [0, 0.05) is 55.4 Å². The molecule has 2 fully saturated rings. The summed E-state index contributed by atoms with van der Waals surface area (Å²) >= 11 is 0. The van der Waals surface area contributed by atoms with Gasteiger partial charge in [-0.15, -0.1) is 0 Å². The Morgan fingerprint density at radius 2 is 0.825 bits per heavy atom. The number of carbonyl (C=O) groups is 8. The van der Waals surface area contributed by atoms with Crippen LogP contribution in [0.1, 0.15) is 55.4 Å². The van der Waals surface area contributed by atoms with Gasteiger partial charge in [-0.2, -0.15) is 5.26 Å². The molecular weight excluding hydrogens is 770 g/mol. The predicted octanol–water partition coefficient (Wildman–Crippen LogP) is -0.598. The highest BCUT2D eigenvalue weighted by molar-refractivity contribution is 5.69. The number of esters is 8. The smallest absolute Gasteiger partial charge is 0.303 e. The van der Waals surface area contributed by atoms with Crippen LogP contribution in [0.2, 0.25) is 0 Å². The summed E-state index contributed by atoms with van der Waals surface area (Å²) in [6.07, 6.45) is -17.3. The fourth-order valence-corrected chi connectivity index (χ4v) is 5.92. The van der Waals surface area contributed by atoms with E-state index in [9.17, 15) is 43.6 Å². The quantitative estimate of drug-likeness (QED) is 0.113. The van der Waals surface area contributed by atoms with Gasteiger partial charge in [0.2, 0.25) is 0 Å². The third-order valence-corrected chi connectivity index (χ3v) is 7.92. The van der Waals surface area contributed by atoms with Crippen molar-refractivity contribution >= 4 is 47.8 Å². The SMILES string of the molecule is CC(=O)OC[C@H]1O[C@H](O[C@H]2[C@H](OC(C)=O)[C@@H](OC(C)=O)[C@@H](O[C@H]3C=C[C@@H](C#N)O[C@@H]3COC(C)=O)O[C@@H]2COC(C)=O)[C@H](OC(C)=O)[C@@H](OC(C)=O)[C@@H]1OC(C)=O. The first kappa shape index (κ1) is 46.2. The molecule has 0 N–H and O–H groups in total. The van der Waals surface area contributed by atoms with Crippen molar-refractivity contribution < 1.29 is 99.9 Å². The maximum Gasteiger partial charge on any atom is 0.303 e. The van der Waals surface area contributed by atoms with Crippen molar-refractivity contribution in [1.82, 2.24) is 0 Å². The van der Waals surface area contributed by atoms with E-state index in [-0.39, 0.29) is 0 Å². The van der Waals surface area contributed by atoms with E-state index in [1.807, 2.05) is 6.07 Å². The number of hydrogen-bond donors (Lipinski definition) is 0. The Morgan fingerprint density at radius 3 is 1.25 bits per heavy atom. The molecule has 0 spiro atoms. The number of carbonyl (C=O) groups excluding carboxylic acids is 8. The molecule has 3 aliphatic rings. The molecule has 0 aromatic carbocycles. The van der Waals surface area contributed by atoms with E-state index in [1.54, 1.807) is 0 Å². The van der Waals surface area contributed by atoms with Crippen LogP contribution in [0, 0.1) is 11.3 Å². The molecule has 3 aliphatic heterocycles. The molecule has 2 saturated heterocycles. The van der Waals surface area contributed by atoms with Crippen molar-refractivity contribution in [3.05, 3.63) is 12.2 Å². The molecule has 13 atom stereocenters. The number of nitrogens with zero attached hydrogens (tertiary/aromatic N) is 1. The maximum absolute atomic E-state index is 12.7. The molecule has 3 rings (SSSR count). The summed E-state index contributed by atoms with van der Waals surface area (Å²) in [5.41, 5.74) is 0. The number of ether oxygens (including phenoxy) is 13. The molecule has 0 aromatic rings. The van der Waals surface area contributed by atoms with Gasteiger partial charge >= 0.3 is 47.8 Å². The zero-order chi connectivity index (χ0) is 42.6. The fraction of sp³-hybridized carbons (Fsp3) is 0.686. The summed E-state index contributed by atoms with van der Waals surface area (Å²) in [7, 11) is 0. The number of nitriles is 1. The van der Waals surface area contributed by atoms with E-state index < -0.39 is 147 Å². The molecule has 0 bridgehead atoms. The molecule has 22 nitrogen and oxygen atoms in total. The minimum atomic E-state index is -1.88. The lowest BCUT2D eigenvalue weighted by atomic mass is 9.95. The van der Waals surface area contributed by atoms with Gasteiger partial charge in [0.15, 0.2) is 49.2 Å². The average Bonchev–Trinajstić information content (AvgIpc) is 3.09. The highest BCUT2D eigenvalue weighted by Gasteiger charge is 2.58. The number of rotatable bonds is 15. The zero-order valence-electron chi connectivity index (χ0n) is 32.3. The van der Waals surface area contributed by atoms with Gasteiger partial charge in [0.05, 0.1) is 6.07 Å². The summed E-state index contributed by atoms with van der Waals surface area (Å²) in [6, 6.07) is 1.90. The zero-order valence-corrected chi connectivity index (χ0v) is 32.3. The summed E-state index contributed by atoms with van der Waals surface area (Å²) in [5.74, 6) is -6.94. The van der Waals surface area contributed by atoms with Crippen molar-refractivity contribution in [3.63, 3.8) is 0 Å². The molecule has 0 aromatic heterocycles. The Kier molecular flexibility index (Phi) is 17.3. The Hall–Kier alpha value is -5.21. The lowest BCUT2D eigenvalue weighted by molar-refractivity contribution is -0.365. The van der Waals surface area contributed by atoms with E-state index in [0.29, 0.717) is 0 Å². The van der Waals surface area contributed by atoms with E-state index >= 15 is 0 Å². The Morgan fingerprint density at radius 1 is 0.456 bits per heavy atom. The first-order valence-electron chi connectivity index (χ1n) is 17.4.